The Bertz CT molecular complexity index is 520. The van der Waals surface area contributed by atoms with E-state index in [4.69, 9.17) is 0 Å². The molecule has 1 aromatic rings. The molecule has 0 spiro atoms. The second-order valence-corrected chi connectivity index (χ2v) is 4.76. The van der Waals surface area contributed by atoms with E-state index in [1.54, 1.807) is 6.07 Å². The van der Waals surface area contributed by atoms with Crippen molar-refractivity contribution in [3.63, 3.8) is 0 Å². The lowest BCUT2D eigenvalue weighted by Crippen LogP contribution is -2.10. The number of fused-ring (bicyclic) bond motifs is 1. The van der Waals surface area contributed by atoms with Crippen molar-refractivity contribution in [3.05, 3.63) is 59.7 Å². The molecule has 2 aliphatic rings. The molecule has 0 saturated carbocycles. The average molecular weight is 224 g/mol. The maximum absolute atomic E-state index is 9.88. The summed E-state index contributed by atoms with van der Waals surface area (Å²) in [6.07, 6.45) is 12.3. The zero-order chi connectivity index (χ0) is 11.7. The third kappa shape index (κ3) is 1.93. The number of hydrogen-bond acceptors (Lipinski definition) is 1. The number of phenols is 1. The molecule has 17 heavy (non-hydrogen) atoms. The van der Waals surface area contributed by atoms with Crippen LogP contribution in [0, 0.1) is 5.92 Å². The van der Waals surface area contributed by atoms with Crippen LogP contribution in [0.1, 0.15) is 24.8 Å². The molecule has 1 atom stereocenters. The van der Waals surface area contributed by atoms with Crippen LogP contribution in [-0.4, -0.2) is 5.11 Å². The molecule has 0 fully saturated rings. The Balaban J connectivity index is 1.97. The minimum atomic E-state index is 0.391. The second-order valence-electron chi connectivity index (χ2n) is 4.76. The van der Waals surface area contributed by atoms with Crippen molar-refractivity contribution in [2.24, 2.45) is 5.92 Å². The first-order valence-corrected chi connectivity index (χ1v) is 6.20. The molecule has 3 rings (SSSR count). The Labute approximate surface area is 102 Å². The Morgan fingerprint density at radius 1 is 1.12 bits per heavy atom. The number of aromatic hydroxyl groups is 1. The van der Waals surface area contributed by atoms with Crippen LogP contribution in [0.5, 0.6) is 5.75 Å². The molecule has 86 valence electrons. The van der Waals surface area contributed by atoms with E-state index in [-0.39, 0.29) is 0 Å². The van der Waals surface area contributed by atoms with Gasteiger partial charge < -0.3 is 5.11 Å². The molecule has 2 aliphatic carbocycles. The highest BCUT2D eigenvalue weighted by Gasteiger charge is 2.21. The summed E-state index contributed by atoms with van der Waals surface area (Å²) in [7, 11) is 0. The predicted molar refractivity (Wildman–Crippen MR) is 70.6 cm³/mol. The smallest absolute Gasteiger partial charge is 0.123 e. The number of para-hydroxylation sites is 1. The first kappa shape index (κ1) is 10.4. The molecular formula is C16H16O. The summed E-state index contributed by atoms with van der Waals surface area (Å²) in [6, 6.07) is 7.61. The van der Waals surface area contributed by atoms with Gasteiger partial charge in [-0.2, -0.15) is 0 Å². The Morgan fingerprint density at radius 3 is 2.88 bits per heavy atom. The van der Waals surface area contributed by atoms with Crippen molar-refractivity contribution < 1.29 is 5.11 Å². The highest BCUT2D eigenvalue weighted by molar-refractivity contribution is 5.73. The molecule has 0 bridgehead atoms. The van der Waals surface area contributed by atoms with Crippen LogP contribution in [-0.2, 0) is 0 Å². The molecule has 1 N–H and O–H groups in total. The van der Waals surface area contributed by atoms with E-state index in [0.717, 1.165) is 12.0 Å². The van der Waals surface area contributed by atoms with Gasteiger partial charge in [-0.1, -0.05) is 42.5 Å². The molecule has 0 heterocycles. The van der Waals surface area contributed by atoms with Crippen molar-refractivity contribution in [3.8, 4) is 5.75 Å². The lowest BCUT2D eigenvalue weighted by Gasteiger charge is -2.26. The summed E-state index contributed by atoms with van der Waals surface area (Å²) in [5, 5.41) is 9.88. The lowest BCUT2D eigenvalue weighted by atomic mass is 9.79. The standard InChI is InChI=1S/C16H16O/c17-16-8-4-3-7-15(16)14-10-9-12-5-1-2-6-13(12)11-14/h1,3-5,7-10,13,17H,2,6,11H2. The monoisotopic (exact) mass is 224 g/mol. The Kier molecular flexibility index (Phi) is 2.60. The molecule has 0 saturated heterocycles. The van der Waals surface area contributed by atoms with Gasteiger partial charge >= 0.3 is 0 Å². The number of hydrogen-bond donors (Lipinski definition) is 1. The van der Waals surface area contributed by atoms with Crippen LogP contribution in [0.25, 0.3) is 5.57 Å². The van der Waals surface area contributed by atoms with Crippen molar-refractivity contribution >= 4 is 5.57 Å². The number of phenolic OH excluding ortho intramolecular Hbond substituents is 1. The normalized spacial score (nSPS) is 22.7. The molecule has 0 aliphatic heterocycles. The van der Waals surface area contributed by atoms with Crippen LogP contribution < -0.4 is 0 Å². The first-order chi connectivity index (χ1) is 8.34. The van der Waals surface area contributed by atoms with Gasteiger partial charge in [0, 0.05) is 5.56 Å². The van der Waals surface area contributed by atoms with Gasteiger partial charge in [-0.25, -0.2) is 0 Å². The fourth-order valence-electron chi connectivity index (χ4n) is 2.71. The molecule has 1 aromatic carbocycles. The van der Waals surface area contributed by atoms with Crippen molar-refractivity contribution in [2.75, 3.05) is 0 Å². The van der Waals surface area contributed by atoms with Crippen LogP contribution >= 0.6 is 0 Å². The summed E-state index contributed by atoms with van der Waals surface area (Å²) in [6.45, 7) is 0. The lowest BCUT2D eigenvalue weighted by molar-refractivity contribution is 0.472. The van der Waals surface area contributed by atoms with Crippen LogP contribution in [0.15, 0.2) is 54.1 Å². The van der Waals surface area contributed by atoms with E-state index >= 15 is 0 Å². The summed E-state index contributed by atoms with van der Waals surface area (Å²) in [5.74, 6) is 1.03. The summed E-state index contributed by atoms with van der Waals surface area (Å²) >= 11 is 0. The molecule has 0 amide bonds. The fourth-order valence-corrected chi connectivity index (χ4v) is 2.71. The van der Waals surface area contributed by atoms with Crippen molar-refractivity contribution in [1.29, 1.82) is 0 Å². The van der Waals surface area contributed by atoms with Gasteiger partial charge in [-0.05, 0) is 42.4 Å². The van der Waals surface area contributed by atoms with E-state index in [9.17, 15) is 5.11 Å². The average Bonchev–Trinajstić information content (AvgIpc) is 2.39. The van der Waals surface area contributed by atoms with Gasteiger partial charge in [-0.3, -0.25) is 0 Å². The predicted octanol–water partition coefficient (Wildman–Crippen LogP) is 4.07. The molecule has 1 nitrogen and oxygen atoms in total. The molecular weight excluding hydrogens is 208 g/mol. The Hall–Kier alpha value is -1.76. The van der Waals surface area contributed by atoms with Gasteiger partial charge in [0.25, 0.3) is 0 Å². The maximum Gasteiger partial charge on any atom is 0.123 e. The third-order valence-corrected chi connectivity index (χ3v) is 3.66. The highest BCUT2D eigenvalue weighted by Crippen LogP contribution is 2.38. The van der Waals surface area contributed by atoms with Crippen LogP contribution in [0.2, 0.25) is 0 Å². The third-order valence-electron chi connectivity index (χ3n) is 3.66. The molecule has 1 unspecified atom stereocenters. The first-order valence-electron chi connectivity index (χ1n) is 6.20. The Morgan fingerprint density at radius 2 is 2.00 bits per heavy atom. The largest absolute Gasteiger partial charge is 0.507 e. The van der Waals surface area contributed by atoms with E-state index in [2.05, 4.69) is 24.3 Å². The van der Waals surface area contributed by atoms with Crippen molar-refractivity contribution in [2.45, 2.75) is 19.3 Å². The van der Waals surface area contributed by atoms with Gasteiger partial charge in [0.05, 0.1) is 0 Å². The van der Waals surface area contributed by atoms with Gasteiger partial charge in [0.2, 0.25) is 0 Å². The van der Waals surface area contributed by atoms with E-state index in [1.807, 2.05) is 18.2 Å². The van der Waals surface area contributed by atoms with E-state index in [0.29, 0.717) is 11.7 Å². The minimum absolute atomic E-state index is 0.391. The number of allylic oxidation sites excluding steroid dienone is 6. The van der Waals surface area contributed by atoms with E-state index < -0.39 is 0 Å². The molecule has 0 radical (unpaired) electrons. The maximum atomic E-state index is 9.88. The summed E-state index contributed by atoms with van der Waals surface area (Å²) in [5.41, 5.74) is 3.68. The van der Waals surface area contributed by atoms with Crippen LogP contribution in [0.4, 0.5) is 0 Å². The molecule has 0 aromatic heterocycles. The van der Waals surface area contributed by atoms with Gasteiger partial charge in [0.1, 0.15) is 5.75 Å². The zero-order valence-electron chi connectivity index (χ0n) is 9.76. The van der Waals surface area contributed by atoms with E-state index in [1.165, 1.54) is 24.0 Å². The fraction of sp³-hybridized carbons (Fsp3) is 0.250. The summed E-state index contributed by atoms with van der Waals surface area (Å²) < 4.78 is 0. The quantitative estimate of drug-likeness (QED) is 0.762. The zero-order valence-corrected chi connectivity index (χ0v) is 9.76. The highest BCUT2D eigenvalue weighted by atomic mass is 16.3. The van der Waals surface area contributed by atoms with Crippen molar-refractivity contribution in [1.82, 2.24) is 0 Å². The van der Waals surface area contributed by atoms with Crippen LogP contribution in [0.3, 0.4) is 0 Å². The topological polar surface area (TPSA) is 20.2 Å². The number of benzene rings is 1. The summed E-state index contributed by atoms with van der Waals surface area (Å²) in [4.78, 5) is 0. The SMILES string of the molecule is Oc1ccccc1C1=CC=C2C=CCCC2C1. The minimum Gasteiger partial charge on any atom is -0.507 e. The van der Waals surface area contributed by atoms with Gasteiger partial charge in [0.15, 0.2) is 0 Å². The second kappa shape index (κ2) is 4.25. The number of rotatable bonds is 1. The molecule has 1 heteroatoms. The van der Waals surface area contributed by atoms with Gasteiger partial charge in [-0.15, -0.1) is 0 Å².